The highest BCUT2D eigenvalue weighted by molar-refractivity contribution is 5.83. The lowest BCUT2D eigenvalue weighted by molar-refractivity contribution is -0.123. The summed E-state index contributed by atoms with van der Waals surface area (Å²) in [7, 11) is 0. The molecule has 1 aliphatic carbocycles. The first-order valence-electron chi connectivity index (χ1n) is 6.23. The molecule has 4 nitrogen and oxygen atoms in total. The van der Waals surface area contributed by atoms with Gasteiger partial charge >= 0.3 is 0 Å². The first kappa shape index (κ1) is 13.5. The second-order valence-electron chi connectivity index (χ2n) is 5.02. The molecule has 1 atom stereocenters. The highest BCUT2D eigenvalue weighted by Gasteiger charge is 2.25. The van der Waals surface area contributed by atoms with Crippen LogP contribution in [0, 0.1) is 0 Å². The molecule has 1 aliphatic rings. The quantitative estimate of drug-likeness (QED) is 0.696. The van der Waals surface area contributed by atoms with E-state index in [1.165, 1.54) is 25.7 Å². The minimum atomic E-state index is -0.940. The lowest BCUT2D eigenvalue weighted by Gasteiger charge is -2.22. The molecule has 4 heteroatoms. The predicted octanol–water partition coefficient (Wildman–Crippen LogP) is 1.32. The minimum Gasteiger partial charge on any atom is -0.378 e. The Kier molecular flexibility index (Phi) is 5.22. The van der Waals surface area contributed by atoms with Crippen LogP contribution < -0.4 is 11.5 Å². The van der Waals surface area contributed by atoms with Crippen molar-refractivity contribution in [3.05, 3.63) is 0 Å². The van der Waals surface area contributed by atoms with Crippen molar-refractivity contribution in [1.82, 2.24) is 0 Å². The summed E-state index contributed by atoms with van der Waals surface area (Å²) in [6, 6.07) is 0. The van der Waals surface area contributed by atoms with E-state index in [2.05, 4.69) is 0 Å². The van der Waals surface area contributed by atoms with Crippen molar-refractivity contribution in [2.24, 2.45) is 11.5 Å². The van der Waals surface area contributed by atoms with Gasteiger partial charge in [-0.2, -0.15) is 0 Å². The molecular weight excluding hydrogens is 204 g/mol. The van der Waals surface area contributed by atoms with Crippen LogP contribution in [0.25, 0.3) is 0 Å². The van der Waals surface area contributed by atoms with Crippen molar-refractivity contribution in [2.45, 2.75) is 63.5 Å². The Morgan fingerprint density at radius 3 is 2.38 bits per heavy atom. The normalized spacial score (nSPS) is 22.4. The van der Waals surface area contributed by atoms with Crippen LogP contribution in [0.2, 0.25) is 0 Å². The van der Waals surface area contributed by atoms with E-state index in [9.17, 15) is 4.79 Å². The van der Waals surface area contributed by atoms with Gasteiger partial charge in [-0.3, -0.25) is 4.79 Å². The van der Waals surface area contributed by atoms with Crippen LogP contribution in [-0.2, 0) is 9.53 Å². The van der Waals surface area contributed by atoms with E-state index in [0.717, 1.165) is 12.8 Å². The Balaban J connectivity index is 2.21. The number of ether oxygens (including phenoxy) is 1. The molecule has 4 N–H and O–H groups in total. The lowest BCUT2D eigenvalue weighted by Crippen LogP contribution is -2.50. The van der Waals surface area contributed by atoms with E-state index in [1.54, 1.807) is 6.92 Å². The molecule has 0 saturated heterocycles. The third-order valence-electron chi connectivity index (χ3n) is 3.34. The molecule has 1 unspecified atom stereocenters. The summed E-state index contributed by atoms with van der Waals surface area (Å²) in [6.07, 6.45) is 8.26. The topological polar surface area (TPSA) is 78.3 Å². The number of amides is 1. The van der Waals surface area contributed by atoms with Gasteiger partial charge in [0.05, 0.1) is 11.6 Å². The summed E-state index contributed by atoms with van der Waals surface area (Å²) < 4.78 is 5.76. The first-order valence-corrected chi connectivity index (χ1v) is 6.23. The molecular formula is C12H24N2O2. The SMILES string of the molecule is CC(N)(CCOC1CCCCCC1)C(N)=O. The highest BCUT2D eigenvalue weighted by atomic mass is 16.5. The Bertz CT molecular complexity index is 221. The van der Waals surface area contributed by atoms with Crippen molar-refractivity contribution >= 4 is 5.91 Å². The molecule has 16 heavy (non-hydrogen) atoms. The van der Waals surface area contributed by atoms with E-state index < -0.39 is 11.4 Å². The molecule has 0 heterocycles. The number of primary amides is 1. The van der Waals surface area contributed by atoms with Gasteiger partial charge in [-0.05, 0) is 26.2 Å². The second kappa shape index (κ2) is 6.21. The molecule has 94 valence electrons. The Hall–Kier alpha value is -0.610. The molecule has 1 fully saturated rings. The van der Waals surface area contributed by atoms with E-state index in [4.69, 9.17) is 16.2 Å². The van der Waals surface area contributed by atoms with Gasteiger partial charge in [-0.25, -0.2) is 0 Å². The summed E-state index contributed by atoms with van der Waals surface area (Å²) in [5.41, 5.74) is 10.0. The molecule has 0 aromatic rings. The highest BCUT2D eigenvalue weighted by Crippen LogP contribution is 2.20. The molecule has 0 aromatic carbocycles. The van der Waals surface area contributed by atoms with Gasteiger partial charge in [0.15, 0.2) is 0 Å². The van der Waals surface area contributed by atoms with Crippen LogP contribution in [0.1, 0.15) is 51.9 Å². The number of hydrogen-bond acceptors (Lipinski definition) is 3. The molecule has 1 saturated carbocycles. The third kappa shape index (κ3) is 4.49. The van der Waals surface area contributed by atoms with Gasteiger partial charge in [0, 0.05) is 6.61 Å². The molecule has 1 rings (SSSR count). The number of nitrogens with two attached hydrogens (primary N) is 2. The number of carbonyl (C=O) groups excluding carboxylic acids is 1. The maximum absolute atomic E-state index is 11.0. The fourth-order valence-corrected chi connectivity index (χ4v) is 1.97. The second-order valence-corrected chi connectivity index (χ2v) is 5.02. The zero-order valence-electron chi connectivity index (χ0n) is 10.2. The summed E-state index contributed by atoms with van der Waals surface area (Å²) in [4.78, 5) is 11.0. The maximum Gasteiger partial charge on any atom is 0.237 e. The van der Waals surface area contributed by atoms with Gasteiger partial charge in [-0.1, -0.05) is 25.7 Å². The van der Waals surface area contributed by atoms with E-state index >= 15 is 0 Å². The van der Waals surface area contributed by atoms with Crippen molar-refractivity contribution < 1.29 is 9.53 Å². The van der Waals surface area contributed by atoms with Gasteiger partial charge in [-0.15, -0.1) is 0 Å². The molecule has 0 aromatic heterocycles. The van der Waals surface area contributed by atoms with Crippen LogP contribution in [0.4, 0.5) is 0 Å². The monoisotopic (exact) mass is 228 g/mol. The smallest absolute Gasteiger partial charge is 0.237 e. The van der Waals surface area contributed by atoms with Crippen LogP contribution in [0.3, 0.4) is 0 Å². The van der Waals surface area contributed by atoms with E-state index in [1.807, 2.05) is 0 Å². The zero-order chi connectivity index (χ0) is 12.0. The maximum atomic E-state index is 11.0. The summed E-state index contributed by atoms with van der Waals surface area (Å²) >= 11 is 0. The van der Waals surface area contributed by atoms with E-state index in [0.29, 0.717) is 19.1 Å². The van der Waals surface area contributed by atoms with Crippen LogP contribution in [-0.4, -0.2) is 24.2 Å². The fraction of sp³-hybridized carbons (Fsp3) is 0.917. The number of carbonyl (C=O) groups is 1. The van der Waals surface area contributed by atoms with Crippen LogP contribution >= 0.6 is 0 Å². The van der Waals surface area contributed by atoms with Crippen LogP contribution in [0.5, 0.6) is 0 Å². The molecule has 0 aliphatic heterocycles. The van der Waals surface area contributed by atoms with Crippen LogP contribution in [0.15, 0.2) is 0 Å². The van der Waals surface area contributed by atoms with Crippen molar-refractivity contribution in [2.75, 3.05) is 6.61 Å². The Labute approximate surface area is 97.7 Å². The van der Waals surface area contributed by atoms with Crippen molar-refractivity contribution in [3.63, 3.8) is 0 Å². The zero-order valence-corrected chi connectivity index (χ0v) is 10.2. The Morgan fingerprint density at radius 2 is 1.88 bits per heavy atom. The molecule has 0 radical (unpaired) electrons. The van der Waals surface area contributed by atoms with Gasteiger partial charge in [0.1, 0.15) is 0 Å². The van der Waals surface area contributed by atoms with Crippen molar-refractivity contribution in [3.8, 4) is 0 Å². The minimum absolute atomic E-state index is 0.353. The third-order valence-corrected chi connectivity index (χ3v) is 3.34. The molecule has 0 spiro atoms. The lowest BCUT2D eigenvalue weighted by atomic mass is 9.99. The Morgan fingerprint density at radius 1 is 1.31 bits per heavy atom. The first-order chi connectivity index (χ1) is 7.52. The molecule has 1 amide bonds. The van der Waals surface area contributed by atoms with Gasteiger partial charge < -0.3 is 16.2 Å². The summed E-state index contributed by atoms with van der Waals surface area (Å²) in [5, 5.41) is 0. The average molecular weight is 228 g/mol. The standard InChI is InChI=1S/C12H24N2O2/c1-12(14,11(13)15)8-9-16-10-6-4-2-3-5-7-10/h10H,2-9,14H2,1H3,(H2,13,15). The summed E-state index contributed by atoms with van der Waals surface area (Å²) in [6.45, 7) is 2.19. The molecule has 0 bridgehead atoms. The number of rotatable bonds is 5. The van der Waals surface area contributed by atoms with Crippen molar-refractivity contribution in [1.29, 1.82) is 0 Å². The van der Waals surface area contributed by atoms with Gasteiger partial charge in [0.25, 0.3) is 0 Å². The summed E-state index contributed by atoms with van der Waals surface area (Å²) in [5.74, 6) is -0.461. The fourth-order valence-electron chi connectivity index (χ4n) is 1.97. The predicted molar refractivity (Wildman–Crippen MR) is 63.8 cm³/mol. The average Bonchev–Trinajstić information content (AvgIpc) is 2.46. The van der Waals surface area contributed by atoms with Gasteiger partial charge in [0.2, 0.25) is 5.91 Å². The van der Waals surface area contributed by atoms with E-state index in [-0.39, 0.29) is 0 Å². The number of hydrogen-bond donors (Lipinski definition) is 2. The largest absolute Gasteiger partial charge is 0.378 e.